The summed E-state index contributed by atoms with van der Waals surface area (Å²) in [5, 5.41) is 0. The van der Waals surface area contributed by atoms with Gasteiger partial charge in [-0.15, -0.1) is 0 Å². The van der Waals surface area contributed by atoms with E-state index in [1.54, 1.807) is 24.5 Å². The summed E-state index contributed by atoms with van der Waals surface area (Å²) in [6.45, 7) is 2.87. The number of piperidine rings is 1. The molecule has 19 heavy (non-hydrogen) atoms. The first-order chi connectivity index (χ1) is 9.29. The highest BCUT2D eigenvalue weighted by Crippen LogP contribution is 2.31. The van der Waals surface area contributed by atoms with Gasteiger partial charge in [0.15, 0.2) is 5.79 Å². The summed E-state index contributed by atoms with van der Waals surface area (Å²) in [5.74, 6) is -0.400. The van der Waals surface area contributed by atoms with Crippen LogP contribution >= 0.6 is 0 Å². The van der Waals surface area contributed by atoms with Crippen molar-refractivity contribution in [1.82, 2.24) is 9.88 Å². The van der Waals surface area contributed by atoms with Crippen LogP contribution in [0.4, 0.5) is 0 Å². The smallest absolute Gasteiger partial charge is 0.255 e. The summed E-state index contributed by atoms with van der Waals surface area (Å²) in [7, 11) is 0. The van der Waals surface area contributed by atoms with Gasteiger partial charge >= 0.3 is 0 Å². The molecule has 0 unspecified atom stereocenters. The molecular weight excluding hydrogens is 244 g/mol. The van der Waals surface area contributed by atoms with Crippen molar-refractivity contribution >= 4 is 5.91 Å². The molecule has 3 heterocycles. The number of carbonyl (C=O) groups excluding carboxylic acids is 1. The average molecular weight is 262 g/mol. The van der Waals surface area contributed by atoms with Gasteiger partial charge in [-0.05, 0) is 18.6 Å². The van der Waals surface area contributed by atoms with Crippen molar-refractivity contribution in [3.05, 3.63) is 30.1 Å². The van der Waals surface area contributed by atoms with Crippen LogP contribution in [-0.4, -0.2) is 47.9 Å². The molecule has 0 bridgehead atoms. The number of hydrogen-bond acceptors (Lipinski definition) is 4. The number of ether oxygens (including phenoxy) is 2. The van der Waals surface area contributed by atoms with Crippen molar-refractivity contribution < 1.29 is 14.3 Å². The molecule has 2 fully saturated rings. The topological polar surface area (TPSA) is 51.7 Å². The molecule has 5 nitrogen and oxygen atoms in total. The number of rotatable bonds is 1. The van der Waals surface area contributed by atoms with Gasteiger partial charge < -0.3 is 14.4 Å². The molecule has 2 saturated heterocycles. The lowest BCUT2D eigenvalue weighted by Crippen LogP contribution is -2.51. The lowest BCUT2D eigenvalue weighted by Gasteiger charge is -2.43. The minimum absolute atomic E-state index is 0.0405. The summed E-state index contributed by atoms with van der Waals surface area (Å²) in [4.78, 5) is 18.1. The molecule has 0 saturated carbocycles. The third kappa shape index (κ3) is 2.62. The first-order valence-corrected chi connectivity index (χ1v) is 6.76. The van der Waals surface area contributed by atoms with Crippen LogP contribution < -0.4 is 0 Å². The molecule has 2 aliphatic heterocycles. The molecule has 0 aliphatic carbocycles. The maximum absolute atomic E-state index is 12.3. The Morgan fingerprint density at radius 3 is 2.63 bits per heavy atom. The molecule has 3 rings (SSSR count). The number of hydrogen-bond donors (Lipinski definition) is 0. The molecule has 1 spiro atoms. The van der Waals surface area contributed by atoms with E-state index >= 15 is 0 Å². The van der Waals surface area contributed by atoms with E-state index in [0.717, 1.165) is 32.5 Å². The van der Waals surface area contributed by atoms with Crippen molar-refractivity contribution in [3.63, 3.8) is 0 Å². The van der Waals surface area contributed by atoms with E-state index in [1.165, 1.54) is 0 Å². The quantitative estimate of drug-likeness (QED) is 0.768. The predicted octanol–water partition coefficient (Wildman–Crippen LogP) is 1.45. The molecule has 5 heteroatoms. The molecule has 0 N–H and O–H groups in total. The van der Waals surface area contributed by atoms with Crippen LogP contribution in [0, 0.1) is 0 Å². The molecule has 1 amide bonds. The van der Waals surface area contributed by atoms with Crippen LogP contribution in [0.15, 0.2) is 24.5 Å². The number of pyridine rings is 1. The van der Waals surface area contributed by atoms with Crippen LogP contribution in [0.5, 0.6) is 0 Å². The Kier molecular flexibility index (Phi) is 3.48. The average Bonchev–Trinajstić information content (AvgIpc) is 2.49. The summed E-state index contributed by atoms with van der Waals surface area (Å²) >= 11 is 0. The van der Waals surface area contributed by atoms with Crippen molar-refractivity contribution in [2.24, 2.45) is 0 Å². The highest BCUT2D eigenvalue weighted by atomic mass is 16.7. The highest BCUT2D eigenvalue weighted by molar-refractivity contribution is 5.93. The minimum atomic E-state index is -0.441. The third-order valence-corrected chi connectivity index (χ3v) is 3.74. The van der Waals surface area contributed by atoms with Crippen LogP contribution in [0.1, 0.15) is 29.6 Å². The SMILES string of the molecule is O=C(c1cccnc1)N1CCC2(CC1)OCCCO2. The Morgan fingerprint density at radius 2 is 2.00 bits per heavy atom. The predicted molar refractivity (Wildman–Crippen MR) is 68.6 cm³/mol. The summed E-state index contributed by atoms with van der Waals surface area (Å²) < 4.78 is 11.5. The second-order valence-electron chi connectivity index (χ2n) is 5.00. The van der Waals surface area contributed by atoms with Crippen LogP contribution in [0.25, 0.3) is 0 Å². The van der Waals surface area contributed by atoms with Crippen molar-refractivity contribution in [2.75, 3.05) is 26.3 Å². The maximum Gasteiger partial charge on any atom is 0.255 e. The molecule has 1 aromatic heterocycles. The first kappa shape index (κ1) is 12.6. The monoisotopic (exact) mass is 262 g/mol. The second kappa shape index (κ2) is 5.27. The van der Waals surface area contributed by atoms with Gasteiger partial charge in [0.25, 0.3) is 5.91 Å². The lowest BCUT2D eigenvalue weighted by molar-refractivity contribution is -0.281. The highest BCUT2D eigenvalue weighted by Gasteiger charge is 2.39. The van der Waals surface area contributed by atoms with E-state index in [0.29, 0.717) is 18.7 Å². The number of amides is 1. The maximum atomic E-state index is 12.3. The van der Waals surface area contributed by atoms with Gasteiger partial charge in [-0.2, -0.15) is 0 Å². The Hall–Kier alpha value is -1.46. The van der Waals surface area contributed by atoms with Gasteiger partial charge in [0.1, 0.15) is 0 Å². The summed E-state index contributed by atoms with van der Waals surface area (Å²) in [6, 6.07) is 3.58. The van der Waals surface area contributed by atoms with Crippen molar-refractivity contribution in [1.29, 1.82) is 0 Å². The standard InChI is InChI=1S/C14H18N2O3/c17-13(12-3-1-6-15-11-12)16-7-4-14(5-8-16)18-9-2-10-19-14/h1,3,6,11H,2,4-5,7-10H2. The lowest BCUT2D eigenvalue weighted by atomic mass is 10.0. The summed E-state index contributed by atoms with van der Waals surface area (Å²) in [5.41, 5.74) is 0.643. The van der Waals surface area contributed by atoms with Crippen LogP contribution in [-0.2, 0) is 9.47 Å². The van der Waals surface area contributed by atoms with Crippen molar-refractivity contribution in [2.45, 2.75) is 25.0 Å². The van der Waals surface area contributed by atoms with E-state index in [-0.39, 0.29) is 5.91 Å². The fraction of sp³-hybridized carbons (Fsp3) is 0.571. The Morgan fingerprint density at radius 1 is 1.26 bits per heavy atom. The van der Waals surface area contributed by atoms with Crippen LogP contribution in [0.2, 0.25) is 0 Å². The van der Waals surface area contributed by atoms with Gasteiger partial charge in [0.2, 0.25) is 0 Å². The number of aromatic nitrogens is 1. The fourth-order valence-corrected chi connectivity index (χ4v) is 2.63. The molecule has 102 valence electrons. The Balaban J connectivity index is 1.62. The van der Waals surface area contributed by atoms with E-state index in [4.69, 9.17) is 9.47 Å². The molecule has 0 radical (unpaired) electrons. The first-order valence-electron chi connectivity index (χ1n) is 6.76. The van der Waals surface area contributed by atoms with Crippen molar-refractivity contribution in [3.8, 4) is 0 Å². The molecule has 0 aromatic carbocycles. The van der Waals surface area contributed by atoms with E-state index in [9.17, 15) is 4.79 Å². The number of carbonyl (C=O) groups is 1. The molecule has 2 aliphatic rings. The fourth-order valence-electron chi connectivity index (χ4n) is 2.63. The zero-order valence-electron chi connectivity index (χ0n) is 10.9. The summed E-state index contributed by atoms with van der Waals surface area (Å²) in [6.07, 6.45) is 5.74. The molecular formula is C14H18N2O3. The van der Waals surface area contributed by atoms with E-state index < -0.39 is 5.79 Å². The Labute approximate surface area is 112 Å². The zero-order valence-corrected chi connectivity index (χ0v) is 10.9. The van der Waals surface area contributed by atoms with E-state index in [1.807, 2.05) is 4.90 Å². The zero-order chi connectivity index (χ0) is 13.1. The minimum Gasteiger partial charge on any atom is -0.350 e. The van der Waals surface area contributed by atoms with Gasteiger partial charge in [-0.25, -0.2) is 0 Å². The van der Waals surface area contributed by atoms with Gasteiger partial charge in [-0.3, -0.25) is 9.78 Å². The normalized spacial score (nSPS) is 22.4. The second-order valence-corrected chi connectivity index (χ2v) is 5.00. The third-order valence-electron chi connectivity index (χ3n) is 3.74. The van der Waals surface area contributed by atoms with Gasteiger partial charge in [0.05, 0.1) is 18.8 Å². The molecule has 1 aromatic rings. The van der Waals surface area contributed by atoms with Gasteiger partial charge in [0, 0.05) is 38.3 Å². The number of likely N-dealkylation sites (tertiary alicyclic amines) is 1. The molecule has 0 atom stereocenters. The van der Waals surface area contributed by atoms with E-state index in [2.05, 4.69) is 4.98 Å². The van der Waals surface area contributed by atoms with Gasteiger partial charge in [-0.1, -0.05) is 0 Å². The number of nitrogens with zero attached hydrogens (tertiary/aromatic N) is 2. The largest absolute Gasteiger partial charge is 0.350 e. The Bertz CT molecular complexity index is 433. The van der Waals surface area contributed by atoms with Crippen LogP contribution in [0.3, 0.4) is 0 Å².